The summed E-state index contributed by atoms with van der Waals surface area (Å²) in [5.74, 6) is 5.69. The largest absolute Gasteiger partial charge is 0.268 e. The number of aromatic nitrogens is 1. The number of nitrogens with two attached hydrogens (primary N) is 1. The van der Waals surface area contributed by atoms with E-state index in [4.69, 9.17) is 5.84 Å². The molecule has 4 nitrogen and oxygen atoms in total. The Morgan fingerprint density at radius 1 is 1.33 bits per heavy atom. The van der Waals surface area contributed by atoms with Crippen LogP contribution in [0.25, 0.3) is 0 Å². The third kappa shape index (κ3) is 1.17. The quantitative estimate of drug-likeness (QED) is 0.611. The van der Waals surface area contributed by atoms with Crippen molar-refractivity contribution in [3.8, 4) is 0 Å². The molecule has 4 heteroatoms. The van der Waals surface area contributed by atoms with E-state index in [-0.39, 0.29) is 0 Å². The fraction of sp³-hybridized carbons (Fsp3) is 0.125. The van der Waals surface area contributed by atoms with E-state index >= 15 is 0 Å². The fourth-order valence-corrected chi connectivity index (χ4v) is 1.16. The number of nitrogens with zero attached hydrogens (tertiary/aromatic N) is 3. The standard InChI is InChI=1S/C8H10N4/c9-12-7-1-6-11(12)8-2-4-10-5-3-8/h1-6H,7,9H2. The highest BCUT2D eigenvalue weighted by Crippen LogP contribution is 2.16. The number of pyridine rings is 1. The third-order valence-electron chi connectivity index (χ3n) is 1.74. The highest BCUT2D eigenvalue weighted by atomic mass is 15.8. The van der Waals surface area contributed by atoms with Crippen molar-refractivity contribution in [2.75, 3.05) is 11.6 Å². The highest BCUT2D eigenvalue weighted by Gasteiger charge is 2.12. The van der Waals surface area contributed by atoms with Gasteiger partial charge in [0.15, 0.2) is 0 Å². The van der Waals surface area contributed by atoms with Crippen LogP contribution in [0.5, 0.6) is 0 Å². The SMILES string of the molecule is NN1CC=CN1c1ccncc1. The summed E-state index contributed by atoms with van der Waals surface area (Å²) in [5, 5.41) is 3.51. The molecule has 62 valence electrons. The Labute approximate surface area is 70.9 Å². The molecular formula is C8H10N4. The van der Waals surface area contributed by atoms with Crippen molar-refractivity contribution in [1.29, 1.82) is 0 Å². The first-order valence-corrected chi connectivity index (χ1v) is 3.76. The lowest BCUT2D eigenvalue weighted by Gasteiger charge is -2.23. The highest BCUT2D eigenvalue weighted by molar-refractivity contribution is 5.47. The van der Waals surface area contributed by atoms with Crippen molar-refractivity contribution in [2.24, 2.45) is 5.84 Å². The molecule has 1 aromatic rings. The van der Waals surface area contributed by atoms with Crippen molar-refractivity contribution in [2.45, 2.75) is 0 Å². The molecule has 1 aliphatic heterocycles. The summed E-state index contributed by atoms with van der Waals surface area (Å²) < 4.78 is 0. The summed E-state index contributed by atoms with van der Waals surface area (Å²) >= 11 is 0. The van der Waals surface area contributed by atoms with Gasteiger partial charge in [0.25, 0.3) is 0 Å². The van der Waals surface area contributed by atoms with Crippen LogP contribution in [0.4, 0.5) is 5.69 Å². The Morgan fingerprint density at radius 2 is 2.08 bits per heavy atom. The van der Waals surface area contributed by atoms with Crippen LogP contribution >= 0.6 is 0 Å². The maximum absolute atomic E-state index is 5.69. The normalized spacial score (nSPS) is 17.2. The monoisotopic (exact) mass is 162 g/mol. The Morgan fingerprint density at radius 3 is 2.67 bits per heavy atom. The van der Waals surface area contributed by atoms with Crippen LogP contribution in [-0.4, -0.2) is 16.6 Å². The van der Waals surface area contributed by atoms with Crippen LogP contribution in [-0.2, 0) is 0 Å². The zero-order valence-electron chi connectivity index (χ0n) is 6.59. The van der Waals surface area contributed by atoms with E-state index in [1.165, 1.54) is 0 Å². The third-order valence-corrected chi connectivity index (χ3v) is 1.74. The second-order valence-electron chi connectivity index (χ2n) is 2.56. The van der Waals surface area contributed by atoms with Crippen molar-refractivity contribution >= 4 is 5.69 Å². The van der Waals surface area contributed by atoms with Gasteiger partial charge in [0.2, 0.25) is 0 Å². The number of hydrogen-bond acceptors (Lipinski definition) is 4. The van der Waals surface area contributed by atoms with Gasteiger partial charge in [0.05, 0.1) is 12.2 Å². The first-order chi connectivity index (χ1) is 5.88. The minimum absolute atomic E-state index is 0.752. The van der Waals surface area contributed by atoms with Gasteiger partial charge < -0.3 is 0 Å². The van der Waals surface area contributed by atoms with Gasteiger partial charge in [0, 0.05) is 18.6 Å². The zero-order valence-corrected chi connectivity index (χ0v) is 6.59. The van der Waals surface area contributed by atoms with Gasteiger partial charge in [-0.05, 0) is 18.2 Å². The smallest absolute Gasteiger partial charge is 0.0617 e. The summed E-state index contributed by atoms with van der Waals surface area (Å²) in [5.41, 5.74) is 1.03. The topological polar surface area (TPSA) is 45.4 Å². The van der Waals surface area contributed by atoms with E-state index < -0.39 is 0 Å². The average molecular weight is 162 g/mol. The Bertz CT molecular complexity index is 282. The summed E-state index contributed by atoms with van der Waals surface area (Å²) in [4.78, 5) is 3.93. The molecule has 0 bridgehead atoms. The van der Waals surface area contributed by atoms with Gasteiger partial charge in [-0.3, -0.25) is 9.99 Å². The maximum atomic E-state index is 5.69. The van der Waals surface area contributed by atoms with Gasteiger partial charge in [-0.1, -0.05) is 0 Å². The van der Waals surface area contributed by atoms with Gasteiger partial charge in [-0.25, -0.2) is 5.84 Å². The Kier molecular flexibility index (Phi) is 1.77. The predicted molar refractivity (Wildman–Crippen MR) is 46.7 cm³/mol. The Hall–Kier alpha value is -1.39. The zero-order chi connectivity index (χ0) is 8.39. The predicted octanol–water partition coefficient (Wildman–Crippen LogP) is 0.506. The molecule has 2 N–H and O–H groups in total. The van der Waals surface area contributed by atoms with Gasteiger partial charge in [-0.2, -0.15) is 5.12 Å². The molecular weight excluding hydrogens is 152 g/mol. The molecule has 2 heterocycles. The molecule has 0 spiro atoms. The van der Waals surface area contributed by atoms with E-state index in [0.717, 1.165) is 12.2 Å². The number of anilines is 1. The molecule has 0 aromatic carbocycles. The van der Waals surface area contributed by atoms with Crippen molar-refractivity contribution in [1.82, 2.24) is 10.1 Å². The van der Waals surface area contributed by atoms with Crippen LogP contribution < -0.4 is 10.9 Å². The van der Waals surface area contributed by atoms with Crippen LogP contribution in [0.3, 0.4) is 0 Å². The molecule has 0 aliphatic carbocycles. The summed E-state index contributed by atoms with van der Waals surface area (Å²) in [6, 6.07) is 3.82. The van der Waals surface area contributed by atoms with Gasteiger partial charge in [0.1, 0.15) is 0 Å². The van der Waals surface area contributed by atoms with Crippen molar-refractivity contribution in [3.63, 3.8) is 0 Å². The molecule has 0 radical (unpaired) electrons. The molecule has 0 atom stereocenters. The van der Waals surface area contributed by atoms with Crippen molar-refractivity contribution in [3.05, 3.63) is 36.8 Å². The molecule has 1 aromatic heterocycles. The number of hydrazine groups is 2. The second-order valence-corrected chi connectivity index (χ2v) is 2.56. The van der Waals surface area contributed by atoms with Crippen LogP contribution in [0.1, 0.15) is 0 Å². The molecule has 0 amide bonds. The fourth-order valence-electron chi connectivity index (χ4n) is 1.16. The van der Waals surface area contributed by atoms with E-state index in [1.54, 1.807) is 17.5 Å². The average Bonchev–Trinajstić information content (AvgIpc) is 2.53. The molecule has 12 heavy (non-hydrogen) atoms. The van der Waals surface area contributed by atoms with Crippen LogP contribution in [0, 0.1) is 0 Å². The Balaban J connectivity index is 2.25. The van der Waals surface area contributed by atoms with E-state index in [0.29, 0.717) is 0 Å². The van der Waals surface area contributed by atoms with E-state index in [1.807, 2.05) is 29.4 Å². The maximum Gasteiger partial charge on any atom is 0.0617 e. The van der Waals surface area contributed by atoms with Gasteiger partial charge >= 0.3 is 0 Å². The summed E-state index contributed by atoms with van der Waals surface area (Å²) in [7, 11) is 0. The van der Waals surface area contributed by atoms with Crippen LogP contribution in [0.15, 0.2) is 36.8 Å². The minimum atomic E-state index is 0.752. The second kappa shape index (κ2) is 2.92. The lowest BCUT2D eigenvalue weighted by Crippen LogP contribution is -2.40. The van der Waals surface area contributed by atoms with Crippen molar-refractivity contribution < 1.29 is 0 Å². The molecule has 1 aliphatic rings. The summed E-state index contributed by atoms with van der Waals surface area (Å²) in [6.45, 7) is 0.752. The first-order valence-electron chi connectivity index (χ1n) is 3.76. The lowest BCUT2D eigenvalue weighted by atomic mass is 10.4. The van der Waals surface area contributed by atoms with Gasteiger partial charge in [-0.15, -0.1) is 0 Å². The molecule has 0 saturated carbocycles. The van der Waals surface area contributed by atoms with E-state index in [9.17, 15) is 0 Å². The minimum Gasteiger partial charge on any atom is -0.268 e. The molecule has 0 unspecified atom stereocenters. The number of rotatable bonds is 1. The van der Waals surface area contributed by atoms with E-state index in [2.05, 4.69) is 4.98 Å². The number of hydrogen-bond donors (Lipinski definition) is 1. The molecule has 0 saturated heterocycles. The molecule has 2 rings (SSSR count). The van der Waals surface area contributed by atoms with Crippen LogP contribution in [0.2, 0.25) is 0 Å². The first kappa shape index (κ1) is 7.27. The lowest BCUT2D eigenvalue weighted by molar-refractivity contribution is 0.336. The molecule has 0 fully saturated rings. The summed E-state index contributed by atoms with van der Waals surface area (Å²) in [6.07, 6.45) is 7.43.